The predicted octanol–water partition coefficient (Wildman–Crippen LogP) is 2.59. The zero-order chi connectivity index (χ0) is 11.7. The number of nitrogens with zero attached hydrogens (tertiary/aromatic N) is 2. The van der Waals surface area contributed by atoms with Crippen LogP contribution < -0.4 is 11.3 Å². The first kappa shape index (κ1) is 11.3. The maximum atomic E-state index is 13.4. The molecule has 0 amide bonds. The minimum Gasteiger partial charge on any atom is -0.306 e. The molecule has 7 heteroatoms. The molecule has 0 spiro atoms. The van der Waals surface area contributed by atoms with E-state index in [0.29, 0.717) is 10.8 Å². The Morgan fingerprint density at radius 1 is 1.50 bits per heavy atom. The molecule has 0 bridgehead atoms. The van der Waals surface area contributed by atoms with Crippen LogP contribution >= 0.6 is 22.9 Å². The average molecular weight is 259 g/mol. The van der Waals surface area contributed by atoms with Gasteiger partial charge in [0, 0.05) is 5.38 Å². The number of aromatic nitrogens is 2. The fourth-order valence-electron chi connectivity index (χ4n) is 1.20. The summed E-state index contributed by atoms with van der Waals surface area (Å²) >= 11 is 7.18. The number of nitrogen functional groups attached to an aromatic ring is 1. The molecule has 0 unspecified atom stereocenters. The molecule has 0 aliphatic carbocycles. The van der Waals surface area contributed by atoms with E-state index < -0.39 is 5.82 Å². The highest BCUT2D eigenvalue weighted by Gasteiger charge is 2.12. The van der Waals surface area contributed by atoms with Crippen LogP contribution in [0.4, 0.5) is 10.2 Å². The summed E-state index contributed by atoms with van der Waals surface area (Å²) in [6, 6.07) is 1.72. The van der Waals surface area contributed by atoms with Crippen LogP contribution in [0.3, 0.4) is 0 Å². The predicted molar refractivity (Wildman–Crippen MR) is 62.9 cm³/mol. The van der Waals surface area contributed by atoms with Crippen LogP contribution in [0.15, 0.2) is 11.4 Å². The number of hydrogen-bond donors (Lipinski definition) is 2. The van der Waals surface area contributed by atoms with Crippen molar-refractivity contribution in [3.05, 3.63) is 28.0 Å². The summed E-state index contributed by atoms with van der Waals surface area (Å²) in [4.78, 5) is 8.77. The fraction of sp³-hybridized carbons (Fsp3) is 0.111. The Bertz CT molecular complexity index is 528. The molecule has 0 saturated heterocycles. The third-order valence-corrected chi connectivity index (χ3v) is 3.22. The highest BCUT2D eigenvalue weighted by Crippen LogP contribution is 2.28. The van der Waals surface area contributed by atoms with E-state index in [4.69, 9.17) is 17.4 Å². The van der Waals surface area contributed by atoms with Crippen molar-refractivity contribution in [2.24, 2.45) is 5.84 Å². The van der Waals surface area contributed by atoms with Gasteiger partial charge < -0.3 is 5.43 Å². The van der Waals surface area contributed by atoms with Gasteiger partial charge in [-0.3, -0.25) is 0 Å². The molecule has 0 atom stereocenters. The molecule has 0 radical (unpaired) electrons. The SMILES string of the molecule is Cc1nc(-c2cc(Cl)cs2)nc(NN)c1F. The smallest absolute Gasteiger partial charge is 0.187 e. The van der Waals surface area contributed by atoms with Crippen molar-refractivity contribution < 1.29 is 4.39 Å². The Kier molecular flexibility index (Phi) is 3.04. The van der Waals surface area contributed by atoms with Crippen LogP contribution in [0, 0.1) is 12.7 Å². The van der Waals surface area contributed by atoms with Gasteiger partial charge in [0.1, 0.15) is 0 Å². The number of hydrogen-bond acceptors (Lipinski definition) is 5. The van der Waals surface area contributed by atoms with Crippen LogP contribution in [0.25, 0.3) is 10.7 Å². The van der Waals surface area contributed by atoms with E-state index in [9.17, 15) is 4.39 Å². The number of nitrogens with two attached hydrogens (primary N) is 1. The minimum atomic E-state index is -0.547. The molecule has 0 saturated carbocycles. The van der Waals surface area contributed by atoms with Crippen LogP contribution in [-0.4, -0.2) is 9.97 Å². The topological polar surface area (TPSA) is 63.8 Å². The second kappa shape index (κ2) is 4.32. The lowest BCUT2D eigenvalue weighted by Crippen LogP contribution is -2.12. The number of rotatable bonds is 2. The number of nitrogens with one attached hydrogen (secondary N) is 1. The summed E-state index contributed by atoms with van der Waals surface area (Å²) in [5.74, 6) is 5.01. The molecule has 0 aliphatic rings. The maximum Gasteiger partial charge on any atom is 0.187 e. The van der Waals surface area contributed by atoms with Crippen molar-refractivity contribution in [3.63, 3.8) is 0 Å². The standard InChI is InChI=1S/C9H8ClFN4S/c1-4-7(11)9(15-12)14-8(13-4)6-2-5(10)3-16-6/h2-3H,12H2,1H3,(H,13,14,15). The summed E-state index contributed by atoms with van der Waals surface area (Å²) in [6.07, 6.45) is 0. The first-order valence-electron chi connectivity index (χ1n) is 4.37. The summed E-state index contributed by atoms with van der Waals surface area (Å²) < 4.78 is 13.4. The lowest BCUT2D eigenvalue weighted by atomic mass is 10.3. The van der Waals surface area contributed by atoms with Crippen molar-refractivity contribution in [1.29, 1.82) is 0 Å². The zero-order valence-corrected chi connectivity index (χ0v) is 9.86. The van der Waals surface area contributed by atoms with Gasteiger partial charge in [-0.25, -0.2) is 20.2 Å². The molecule has 4 nitrogen and oxygen atoms in total. The Balaban J connectivity index is 2.54. The molecule has 0 fully saturated rings. The van der Waals surface area contributed by atoms with Gasteiger partial charge in [-0.1, -0.05) is 11.6 Å². The van der Waals surface area contributed by atoms with Gasteiger partial charge in [0.2, 0.25) is 0 Å². The highest BCUT2D eigenvalue weighted by atomic mass is 35.5. The molecule has 2 aromatic heterocycles. The van der Waals surface area contributed by atoms with Crippen molar-refractivity contribution in [3.8, 4) is 10.7 Å². The molecule has 84 valence electrons. The Labute approximate surface area is 100 Å². The normalized spacial score (nSPS) is 10.5. The lowest BCUT2D eigenvalue weighted by molar-refractivity contribution is 0.606. The highest BCUT2D eigenvalue weighted by molar-refractivity contribution is 7.14. The van der Waals surface area contributed by atoms with Gasteiger partial charge in [0.25, 0.3) is 0 Å². The zero-order valence-electron chi connectivity index (χ0n) is 8.29. The van der Waals surface area contributed by atoms with Gasteiger partial charge in [0.05, 0.1) is 15.6 Å². The molecular formula is C9H8ClFN4S. The molecule has 2 heterocycles. The minimum absolute atomic E-state index is 0.0213. The molecule has 2 rings (SSSR count). The molecule has 0 aliphatic heterocycles. The van der Waals surface area contributed by atoms with Crippen LogP contribution in [0.2, 0.25) is 5.02 Å². The van der Waals surface area contributed by atoms with Gasteiger partial charge in [-0.2, -0.15) is 0 Å². The van der Waals surface area contributed by atoms with E-state index >= 15 is 0 Å². The van der Waals surface area contributed by atoms with Gasteiger partial charge >= 0.3 is 0 Å². The second-order valence-electron chi connectivity index (χ2n) is 3.07. The van der Waals surface area contributed by atoms with Crippen LogP contribution in [0.1, 0.15) is 5.69 Å². The van der Waals surface area contributed by atoms with Crippen molar-refractivity contribution in [1.82, 2.24) is 9.97 Å². The van der Waals surface area contributed by atoms with Crippen molar-refractivity contribution in [2.45, 2.75) is 6.92 Å². The number of aryl methyl sites for hydroxylation is 1. The van der Waals surface area contributed by atoms with E-state index in [2.05, 4.69) is 15.4 Å². The fourth-order valence-corrected chi connectivity index (χ4v) is 2.20. The second-order valence-corrected chi connectivity index (χ2v) is 4.42. The Morgan fingerprint density at radius 3 is 2.81 bits per heavy atom. The molecule has 3 N–H and O–H groups in total. The Morgan fingerprint density at radius 2 is 2.25 bits per heavy atom. The summed E-state index contributed by atoms with van der Waals surface area (Å²) in [5.41, 5.74) is 2.44. The third kappa shape index (κ3) is 1.99. The van der Waals surface area contributed by atoms with Crippen molar-refractivity contribution >= 4 is 28.8 Å². The number of anilines is 1. The number of hydrazine groups is 1. The van der Waals surface area contributed by atoms with E-state index in [1.807, 2.05) is 0 Å². The Hall–Kier alpha value is -1.24. The molecule has 0 aromatic carbocycles. The quantitative estimate of drug-likeness (QED) is 0.642. The van der Waals surface area contributed by atoms with Gasteiger partial charge in [0.15, 0.2) is 17.5 Å². The van der Waals surface area contributed by atoms with Gasteiger partial charge in [-0.05, 0) is 13.0 Å². The summed E-state index contributed by atoms with van der Waals surface area (Å²) in [7, 11) is 0. The number of halogens is 2. The number of thiophene rings is 1. The van der Waals surface area contributed by atoms with Crippen LogP contribution in [0.5, 0.6) is 0 Å². The summed E-state index contributed by atoms with van der Waals surface area (Å²) in [6.45, 7) is 1.55. The summed E-state index contributed by atoms with van der Waals surface area (Å²) in [5, 5.41) is 2.36. The van der Waals surface area contributed by atoms with E-state index in [-0.39, 0.29) is 11.5 Å². The monoisotopic (exact) mass is 258 g/mol. The first-order chi connectivity index (χ1) is 7.61. The molecule has 2 aromatic rings. The lowest BCUT2D eigenvalue weighted by Gasteiger charge is -2.05. The average Bonchev–Trinajstić information content (AvgIpc) is 2.69. The van der Waals surface area contributed by atoms with Crippen molar-refractivity contribution in [2.75, 3.05) is 5.43 Å². The van der Waals surface area contributed by atoms with Crippen LogP contribution in [-0.2, 0) is 0 Å². The van der Waals surface area contributed by atoms with Gasteiger partial charge in [-0.15, -0.1) is 11.3 Å². The molecule has 16 heavy (non-hydrogen) atoms. The van der Waals surface area contributed by atoms with E-state index in [0.717, 1.165) is 4.88 Å². The maximum absolute atomic E-state index is 13.4. The largest absolute Gasteiger partial charge is 0.306 e. The molecular weight excluding hydrogens is 251 g/mol. The van der Waals surface area contributed by atoms with E-state index in [1.54, 1.807) is 18.4 Å². The van der Waals surface area contributed by atoms with E-state index in [1.165, 1.54) is 11.3 Å². The third-order valence-electron chi connectivity index (χ3n) is 1.94. The first-order valence-corrected chi connectivity index (χ1v) is 5.62.